The normalized spacial score (nSPS) is 13.3. The number of aromatic nitrogens is 3. The van der Waals surface area contributed by atoms with E-state index in [-0.39, 0.29) is 24.0 Å². The molecular formula is C23H21F3N4O2. The summed E-state index contributed by atoms with van der Waals surface area (Å²) in [5.41, 5.74) is 7.17. The van der Waals surface area contributed by atoms with E-state index >= 15 is 4.39 Å². The van der Waals surface area contributed by atoms with Crippen LogP contribution in [0.4, 0.5) is 19.1 Å². The van der Waals surface area contributed by atoms with Crippen molar-refractivity contribution in [1.29, 1.82) is 0 Å². The van der Waals surface area contributed by atoms with E-state index in [0.717, 1.165) is 6.07 Å². The summed E-state index contributed by atoms with van der Waals surface area (Å²) in [5, 5.41) is 14.4. The average molecular weight is 442 g/mol. The maximum absolute atomic E-state index is 15.1. The van der Waals surface area contributed by atoms with E-state index < -0.39 is 29.3 Å². The minimum Gasteiger partial charge on any atom is -0.488 e. The Morgan fingerprint density at radius 3 is 2.59 bits per heavy atom. The van der Waals surface area contributed by atoms with Crippen molar-refractivity contribution in [1.82, 2.24) is 14.6 Å². The molecule has 6 nitrogen and oxygen atoms in total. The van der Waals surface area contributed by atoms with Gasteiger partial charge in [0.25, 0.3) is 0 Å². The maximum atomic E-state index is 15.1. The van der Waals surface area contributed by atoms with Gasteiger partial charge < -0.3 is 15.6 Å². The van der Waals surface area contributed by atoms with Crippen molar-refractivity contribution in [2.24, 2.45) is 5.92 Å². The summed E-state index contributed by atoms with van der Waals surface area (Å²) < 4.78 is 49.3. The molecule has 2 aromatic carbocycles. The number of hydrogen-bond donors (Lipinski definition) is 2. The summed E-state index contributed by atoms with van der Waals surface area (Å²) in [5.74, 6) is -2.75. The number of halogens is 3. The van der Waals surface area contributed by atoms with Gasteiger partial charge in [0.1, 0.15) is 5.82 Å². The van der Waals surface area contributed by atoms with Crippen LogP contribution in [0.25, 0.3) is 16.8 Å². The first-order valence-corrected chi connectivity index (χ1v) is 10.00. The van der Waals surface area contributed by atoms with Crippen molar-refractivity contribution in [3.63, 3.8) is 0 Å². The average Bonchev–Trinajstić information content (AvgIpc) is 3.15. The summed E-state index contributed by atoms with van der Waals surface area (Å²) in [6.45, 7) is 1.76. The van der Waals surface area contributed by atoms with Gasteiger partial charge in [0.15, 0.2) is 23.0 Å². The number of benzene rings is 2. The SMILES string of the molecule is CC(CCOc1c(F)ccc(-c2ccn3nc(N)nc3c2)c1F)C(O)c1ccc(F)cc1. The van der Waals surface area contributed by atoms with Gasteiger partial charge in [-0.3, -0.25) is 0 Å². The Balaban J connectivity index is 1.48. The Labute approximate surface area is 182 Å². The number of rotatable bonds is 7. The van der Waals surface area contributed by atoms with Crippen molar-refractivity contribution in [3.8, 4) is 16.9 Å². The minimum absolute atomic E-state index is 0.0174. The number of aliphatic hydroxyl groups is 1. The summed E-state index contributed by atoms with van der Waals surface area (Å²) >= 11 is 0. The molecule has 0 saturated heterocycles. The van der Waals surface area contributed by atoms with Crippen molar-refractivity contribution >= 4 is 11.6 Å². The molecule has 0 bridgehead atoms. The van der Waals surface area contributed by atoms with Gasteiger partial charge in [-0.1, -0.05) is 19.1 Å². The number of nitrogens with two attached hydrogens (primary N) is 1. The molecular weight excluding hydrogens is 421 g/mol. The quantitative estimate of drug-likeness (QED) is 0.439. The molecule has 2 heterocycles. The lowest BCUT2D eigenvalue weighted by atomic mass is 9.95. The minimum atomic E-state index is -0.859. The van der Waals surface area contributed by atoms with Gasteiger partial charge >= 0.3 is 0 Å². The summed E-state index contributed by atoms with van der Waals surface area (Å²) in [7, 11) is 0. The third kappa shape index (κ3) is 4.38. The van der Waals surface area contributed by atoms with Crippen LogP contribution >= 0.6 is 0 Å². The second-order valence-corrected chi connectivity index (χ2v) is 7.54. The molecule has 0 aliphatic rings. The molecule has 0 fully saturated rings. The van der Waals surface area contributed by atoms with Gasteiger partial charge in [-0.2, -0.15) is 4.98 Å². The van der Waals surface area contributed by atoms with Crippen LogP contribution < -0.4 is 10.5 Å². The molecule has 166 valence electrons. The largest absolute Gasteiger partial charge is 0.488 e. The van der Waals surface area contributed by atoms with Gasteiger partial charge in [-0.05, 0) is 59.9 Å². The van der Waals surface area contributed by atoms with Gasteiger partial charge in [0.2, 0.25) is 5.95 Å². The lowest BCUT2D eigenvalue weighted by Gasteiger charge is -2.20. The predicted molar refractivity (Wildman–Crippen MR) is 113 cm³/mol. The van der Waals surface area contributed by atoms with Crippen molar-refractivity contribution < 1.29 is 23.0 Å². The summed E-state index contributed by atoms with van der Waals surface area (Å²) in [4.78, 5) is 4.04. The van der Waals surface area contributed by atoms with E-state index in [0.29, 0.717) is 23.2 Å². The van der Waals surface area contributed by atoms with E-state index in [1.54, 1.807) is 25.3 Å². The molecule has 0 radical (unpaired) electrons. The highest BCUT2D eigenvalue weighted by atomic mass is 19.1. The topological polar surface area (TPSA) is 85.7 Å². The molecule has 0 aliphatic carbocycles. The molecule has 2 unspecified atom stereocenters. The molecule has 0 spiro atoms. The number of pyridine rings is 1. The highest BCUT2D eigenvalue weighted by molar-refractivity contribution is 5.69. The van der Waals surface area contributed by atoms with Crippen LogP contribution in [0.1, 0.15) is 25.0 Å². The zero-order valence-corrected chi connectivity index (χ0v) is 17.2. The molecule has 3 N–H and O–H groups in total. The fourth-order valence-corrected chi connectivity index (χ4v) is 3.45. The number of hydrogen-bond acceptors (Lipinski definition) is 5. The summed E-state index contributed by atoms with van der Waals surface area (Å²) in [6, 6.07) is 11.2. The maximum Gasteiger partial charge on any atom is 0.240 e. The Hall–Kier alpha value is -3.59. The van der Waals surface area contributed by atoms with Crippen LogP contribution in [-0.2, 0) is 0 Å². The third-order valence-electron chi connectivity index (χ3n) is 5.28. The Bertz CT molecular complexity index is 1240. The zero-order chi connectivity index (χ0) is 22.8. The van der Waals surface area contributed by atoms with Crippen LogP contribution in [0.2, 0.25) is 0 Å². The molecule has 0 saturated carbocycles. The van der Waals surface area contributed by atoms with E-state index in [9.17, 15) is 13.9 Å². The van der Waals surface area contributed by atoms with Crippen molar-refractivity contribution in [3.05, 3.63) is 77.7 Å². The Morgan fingerprint density at radius 2 is 1.84 bits per heavy atom. The molecule has 0 aliphatic heterocycles. The highest BCUT2D eigenvalue weighted by Gasteiger charge is 2.20. The molecule has 32 heavy (non-hydrogen) atoms. The van der Waals surface area contributed by atoms with Crippen molar-refractivity contribution in [2.75, 3.05) is 12.3 Å². The van der Waals surface area contributed by atoms with Crippen LogP contribution in [0.5, 0.6) is 5.75 Å². The fourth-order valence-electron chi connectivity index (χ4n) is 3.45. The molecule has 9 heteroatoms. The smallest absolute Gasteiger partial charge is 0.240 e. The van der Waals surface area contributed by atoms with Gasteiger partial charge in [-0.25, -0.2) is 17.7 Å². The molecule has 2 aromatic heterocycles. The zero-order valence-electron chi connectivity index (χ0n) is 17.2. The number of aliphatic hydroxyl groups excluding tert-OH is 1. The lowest BCUT2D eigenvalue weighted by molar-refractivity contribution is 0.101. The van der Waals surface area contributed by atoms with Gasteiger partial charge in [0.05, 0.1) is 12.7 Å². The van der Waals surface area contributed by atoms with Gasteiger partial charge in [0, 0.05) is 11.8 Å². The highest BCUT2D eigenvalue weighted by Crippen LogP contribution is 2.33. The first-order valence-electron chi connectivity index (χ1n) is 10.00. The first kappa shape index (κ1) is 21.6. The van der Waals surface area contributed by atoms with Gasteiger partial charge in [-0.15, -0.1) is 5.10 Å². The number of nitrogens with zero attached hydrogens (tertiary/aromatic N) is 3. The van der Waals surface area contributed by atoms with E-state index in [4.69, 9.17) is 10.5 Å². The van der Waals surface area contributed by atoms with Crippen LogP contribution in [-0.4, -0.2) is 26.3 Å². The number of anilines is 1. The van der Waals surface area contributed by atoms with E-state index in [1.807, 2.05) is 0 Å². The number of fused-ring (bicyclic) bond motifs is 1. The fraction of sp³-hybridized carbons (Fsp3) is 0.217. The second-order valence-electron chi connectivity index (χ2n) is 7.54. The lowest BCUT2D eigenvalue weighted by Crippen LogP contribution is -2.14. The van der Waals surface area contributed by atoms with E-state index in [1.165, 1.54) is 34.8 Å². The molecule has 4 aromatic rings. The molecule has 0 amide bonds. The number of ether oxygens (including phenoxy) is 1. The van der Waals surface area contributed by atoms with Crippen LogP contribution in [0.15, 0.2) is 54.7 Å². The van der Waals surface area contributed by atoms with Crippen LogP contribution in [0, 0.1) is 23.4 Å². The predicted octanol–water partition coefficient (Wildman–Crippen LogP) is 4.53. The number of nitrogen functional groups attached to an aromatic ring is 1. The Kier molecular flexibility index (Phi) is 6.00. The monoisotopic (exact) mass is 442 g/mol. The first-order chi connectivity index (χ1) is 15.3. The Morgan fingerprint density at radius 1 is 1.09 bits per heavy atom. The summed E-state index contributed by atoms with van der Waals surface area (Å²) in [6.07, 6.45) is 1.05. The van der Waals surface area contributed by atoms with Crippen LogP contribution in [0.3, 0.4) is 0 Å². The standard InChI is InChI=1S/C23H21F3N4O2/c1-13(21(31)14-2-4-16(24)5-3-14)9-11-32-22-18(25)7-6-17(20(22)26)15-8-10-30-19(12-15)28-23(27)29-30/h2-8,10,12-13,21,31H,9,11H2,1H3,(H2,27,29). The van der Waals surface area contributed by atoms with E-state index in [2.05, 4.69) is 10.1 Å². The molecule has 2 atom stereocenters. The third-order valence-corrected chi connectivity index (χ3v) is 5.28. The van der Waals surface area contributed by atoms with Crippen molar-refractivity contribution in [2.45, 2.75) is 19.4 Å². The molecule has 4 rings (SSSR count). The second kappa shape index (κ2) is 8.88.